The van der Waals surface area contributed by atoms with Gasteiger partial charge < -0.3 is 26.2 Å². The largest absolute Gasteiger partial charge is 0.353 e. The molecule has 0 bridgehead atoms. The van der Waals surface area contributed by atoms with Gasteiger partial charge in [0.2, 0.25) is 27.6 Å². The molecule has 3 fully saturated rings. The average molecular weight is 683 g/mol. The van der Waals surface area contributed by atoms with Crippen LogP contribution in [0.1, 0.15) is 93.9 Å². The molecule has 0 aromatic carbocycles. The minimum atomic E-state index is -3.38. The van der Waals surface area contributed by atoms with E-state index in [-0.39, 0.29) is 30.1 Å². The second-order valence-electron chi connectivity index (χ2n) is 16.2. The summed E-state index contributed by atoms with van der Waals surface area (Å²) >= 11 is 0. The molecule has 0 aromatic rings. The lowest BCUT2D eigenvalue weighted by molar-refractivity contribution is -0.144. The topological polar surface area (TPSA) is 174 Å². The van der Waals surface area contributed by atoms with E-state index in [0.717, 1.165) is 12.8 Å². The lowest BCUT2D eigenvalue weighted by Gasteiger charge is -2.38. The second-order valence-corrected chi connectivity index (χ2v) is 18.3. The fraction of sp³-hybridized carbons (Fsp3) is 0.848. The Labute approximate surface area is 281 Å². The number of hydrogen-bond donors (Lipinski definition) is 4. The molecular weight excluding hydrogens is 624 g/mol. The van der Waals surface area contributed by atoms with Gasteiger partial charge in [-0.05, 0) is 54.3 Å². The summed E-state index contributed by atoms with van der Waals surface area (Å²) in [5, 5.41) is 11.0. The molecule has 0 spiro atoms. The number of Topliss-reactive ketones (excluding diaryl/α,β-unsaturated/α-hetero) is 1. The van der Waals surface area contributed by atoms with Gasteiger partial charge in [-0.3, -0.25) is 19.2 Å². The van der Waals surface area contributed by atoms with Crippen molar-refractivity contribution in [2.24, 2.45) is 28.6 Å². The molecule has 47 heavy (non-hydrogen) atoms. The zero-order valence-corrected chi connectivity index (χ0v) is 30.6. The van der Waals surface area contributed by atoms with Crippen LogP contribution < -0.4 is 21.3 Å². The fourth-order valence-electron chi connectivity index (χ4n) is 6.55. The second kappa shape index (κ2) is 15.2. The molecule has 13 nitrogen and oxygen atoms in total. The highest BCUT2D eigenvalue weighted by atomic mass is 32.2. The molecule has 4 N–H and O–H groups in total. The van der Waals surface area contributed by atoms with E-state index in [9.17, 15) is 32.4 Å². The zero-order chi connectivity index (χ0) is 35.5. The highest BCUT2D eigenvalue weighted by Gasteiger charge is 2.47. The molecule has 3 aliphatic rings. The summed E-state index contributed by atoms with van der Waals surface area (Å²) in [6.45, 7) is 16.2. The van der Waals surface area contributed by atoms with Crippen LogP contribution in [0.15, 0.2) is 0 Å². The van der Waals surface area contributed by atoms with E-state index in [1.165, 1.54) is 16.3 Å². The van der Waals surface area contributed by atoms with E-state index < -0.39 is 74.6 Å². The Bertz CT molecular complexity index is 1280. The molecule has 1 saturated carbocycles. The van der Waals surface area contributed by atoms with Crippen LogP contribution >= 0.6 is 0 Å². The first-order chi connectivity index (χ1) is 21.6. The Balaban J connectivity index is 1.84. The van der Waals surface area contributed by atoms with Gasteiger partial charge in [0.25, 0.3) is 5.91 Å². The lowest BCUT2D eigenvalue weighted by atomic mass is 9.84. The van der Waals surface area contributed by atoms with Gasteiger partial charge in [0.15, 0.2) is 0 Å². The fourth-order valence-corrected chi connectivity index (χ4v) is 8.09. The number of sulfonamides is 1. The van der Waals surface area contributed by atoms with Crippen molar-refractivity contribution in [1.82, 2.24) is 30.5 Å². The molecule has 0 radical (unpaired) electrons. The minimum absolute atomic E-state index is 0.0837. The third-order valence-electron chi connectivity index (χ3n) is 9.53. The van der Waals surface area contributed by atoms with Gasteiger partial charge in [0.05, 0.1) is 11.8 Å². The molecule has 268 valence electrons. The maximum atomic E-state index is 14.4. The van der Waals surface area contributed by atoms with E-state index >= 15 is 0 Å². The number of carbonyl (C=O) groups is 5. The Morgan fingerprint density at radius 3 is 1.98 bits per heavy atom. The van der Waals surface area contributed by atoms with Gasteiger partial charge in [-0.1, -0.05) is 68.2 Å². The maximum absolute atomic E-state index is 14.4. The van der Waals surface area contributed by atoms with Crippen LogP contribution in [0.5, 0.6) is 0 Å². The predicted octanol–water partition coefficient (Wildman–Crippen LogP) is 2.01. The monoisotopic (exact) mass is 682 g/mol. The lowest BCUT2D eigenvalue weighted by Crippen LogP contribution is -2.62. The number of nitrogens with zero attached hydrogens (tertiary/aromatic N) is 2. The summed E-state index contributed by atoms with van der Waals surface area (Å²) < 4.78 is 26.4. The number of rotatable bonds is 13. The Morgan fingerprint density at radius 1 is 0.851 bits per heavy atom. The number of nitrogens with one attached hydrogen (secondary N) is 4. The number of urea groups is 1. The number of likely N-dealkylation sites (N-methyl/N-ethyl adjacent to an activating group) is 1. The number of ketones is 1. The molecule has 2 saturated heterocycles. The van der Waals surface area contributed by atoms with E-state index in [1.807, 2.05) is 55.4 Å². The summed E-state index contributed by atoms with van der Waals surface area (Å²) in [5.41, 5.74) is -1.23. The van der Waals surface area contributed by atoms with Crippen LogP contribution in [0.3, 0.4) is 0 Å². The first-order valence-electron chi connectivity index (χ1n) is 17.1. The van der Waals surface area contributed by atoms with Crippen molar-refractivity contribution in [3.63, 3.8) is 0 Å². The molecule has 5 amide bonds. The van der Waals surface area contributed by atoms with Gasteiger partial charge in [0, 0.05) is 32.7 Å². The van der Waals surface area contributed by atoms with Crippen molar-refractivity contribution < 1.29 is 32.4 Å². The molecule has 2 heterocycles. The zero-order valence-electron chi connectivity index (χ0n) is 29.8. The summed E-state index contributed by atoms with van der Waals surface area (Å²) in [6.07, 6.45) is 4.03. The number of hydrogen-bond acceptors (Lipinski definition) is 7. The standard InChI is InChI=1S/C33H58N6O7S/c1-20(2)17-22-13-15-39(25(22)28(41)35-23(18-21-11-12-21)26(40)29(42)34-9)30(43)27(33(6,7)8)37-31(44)36-24(32(3,4)5)19-38-14-10-16-47(38,45)46/h20-25,27H,10-19H2,1-9H3,(H,34,42)(H,35,41)(H2,36,37,44)/t22-,23?,24-,25+,27-/m1/s1. The van der Waals surface area contributed by atoms with Gasteiger partial charge in [0.1, 0.15) is 12.1 Å². The van der Waals surface area contributed by atoms with Crippen molar-refractivity contribution in [1.29, 1.82) is 0 Å². The van der Waals surface area contributed by atoms with Crippen molar-refractivity contribution in [2.45, 2.75) is 118 Å². The summed E-state index contributed by atoms with van der Waals surface area (Å²) in [6, 6.07) is -4.01. The molecular formula is C33H58N6O7S. The van der Waals surface area contributed by atoms with Gasteiger partial charge in [-0.2, -0.15) is 4.31 Å². The Morgan fingerprint density at radius 2 is 1.49 bits per heavy atom. The van der Waals surface area contributed by atoms with Crippen molar-refractivity contribution in [2.75, 3.05) is 32.4 Å². The summed E-state index contributed by atoms with van der Waals surface area (Å²) in [5.74, 6) is -1.93. The first kappa shape index (κ1) is 38.7. The van der Waals surface area contributed by atoms with E-state index in [1.54, 1.807) is 0 Å². The number of amides is 5. The molecule has 0 aromatic heterocycles. The molecule has 2 aliphatic heterocycles. The highest BCUT2D eigenvalue weighted by molar-refractivity contribution is 7.89. The third-order valence-corrected chi connectivity index (χ3v) is 11.5. The molecule has 1 unspecified atom stereocenters. The van der Waals surface area contributed by atoms with Crippen LogP contribution in [0, 0.1) is 28.6 Å². The van der Waals surface area contributed by atoms with Crippen LogP contribution in [0.25, 0.3) is 0 Å². The predicted molar refractivity (Wildman–Crippen MR) is 180 cm³/mol. The molecule has 14 heteroatoms. The van der Waals surface area contributed by atoms with Crippen LogP contribution in [0.4, 0.5) is 4.79 Å². The van der Waals surface area contributed by atoms with Gasteiger partial charge >= 0.3 is 6.03 Å². The first-order valence-corrected chi connectivity index (χ1v) is 18.7. The van der Waals surface area contributed by atoms with Crippen LogP contribution in [-0.4, -0.2) is 104 Å². The third kappa shape index (κ3) is 10.4. The van der Waals surface area contributed by atoms with Gasteiger partial charge in [-0.15, -0.1) is 0 Å². The van der Waals surface area contributed by atoms with Gasteiger partial charge in [-0.25, -0.2) is 13.2 Å². The van der Waals surface area contributed by atoms with Crippen molar-refractivity contribution in [3.05, 3.63) is 0 Å². The number of likely N-dealkylation sites (tertiary alicyclic amines) is 1. The van der Waals surface area contributed by atoms with Crippen molar-refractivity contribution >= 4 is 39.6 Å². The Hall–Kier alpha value is -2.74. The minimum Gasteiger partial charge on any atom is -0.353 e. The Kier molecular flexibility index (Phi) is 12.5. The van der Waals surface area contributed by atoms with E-state index in [0.29, 0.717) is 38.8 Å². The van der Waals surface area contributed by atoms with Crippen molar-refractivity contribution in [3.8, 4) is 0 Å². The average Bonchev–Trinajstić information content (AvgIpc) is 3.57. The molecule has 5 atom stereocenters. The van der Waals surface area contributed by atoms with Crippen LogP contribution in [-0.2, 0) is 29.2 Å². The summed E-state index contributed by atoms with van der Waals surface area (Å²) in [4.78, 5) is 68.6. The molecule has 1 aliphatic carbocycles. The normalized spacial score (nSPS) is 23.6. The van der Waals surface area contributed by atoms with Crippen LogP contribution in [0.2, 0.25) is 0 Å². The number of carbonyl (C=O) groups excluding carboxylic acids is 5. The van der Waals surface area contributed by atoms with E-state index in [4.69, 9.17) is 0 Å². The quantitative estimate of drug-likeness (QED) is 0.215. The molecule has 3 rings (SSSR count). The summed E-state index contributed by atoms with van der Waals surface area (Å²) in [7, 11) is -2.01. The maximum Gasteiger partial charge on any atom is 0.315 e. The highest BCUT2D eigenvalue weighted by Crippen LogP contribution is 2.35. The smallest absolute Gasteiger partial charge is 0.315 e. The van der Waals surface area contributed by atoms with E-state index in [2.05, 4.69) is 21.3 Å². The SMILES string of the molecule is CNC(=O)C(=O)C(CC1CC1)NC(=O)[C@@H]1[C@@H](CC(C)C)CCN1C(=O)[C@@H](NC(=O)N[C@H](CN1CCCS1(=O)=O)C(C)(C)C)C(C)(C)C.